The van der Waals surface area contributed by atoms with Crippen molar-refractivity contribution in [2.75, 3.05) is 33.3 Å². The zero-order valence-electron chi connectivity index (χ0n) is 11.1. The molecule has 0 bridgehead atoms. The Morgan fingerprint density at radius 3 is 2.50 bits per heavy atom. The highest BCUT2D eigenvalue weighted by Crippen LogP contribution is 2.41. The van der Waals surface area contributed by atoms with E-state index in [0.29, 0.717) is 16.6 Å². The Hall–Kier alpha value is -0.790. The molecule has 0 aliphatic carbocycles. The van der Waals surface area contributed by atoms with Gasteiger partial charge in [0.2, 0.25) is 0 Å². The average Bonchev–Trinajstić information content (AvgIpc) is 2.38. The second-order valence-electron chi connectivity index (χ2n) is 4.68. The third kappa shape index (κ3) is 3.65. The maximum atomic E-state index is 13.0. The maximum Gasteiger partial charge on any atom is 0.420 e. The molecule has 3 nitrogen and oxygen atoms in total. The standard InChI is InChI=1S/C13H16BrF3N2O/c1-20-12-10(13(15,16)17)6-9(7-11(12)14)8-19-4-2-18-3-5-19/h6-7,18H,2-5,8H2,1H3. The van der Waals surface area contributed by atoms with Crippen LogP contribution in [0.5, 0.6) is 5.75 Å². The van der Waals surface area contributed by atoms with E-state index in [0.717, 1.165) is 26.2 Å². The molecule has 112 valence electrons. The van der Waals surface area contributed by atoms with Crippen LogP contribution in [0.4, 0.5) is 13.2 Å². The van der Waals surface area contributed by atoms with E-state index in [9.17, 15) is 13.2 Å². The third-order valence-corrected chi connectivity index (χ3v) is 3.82. The Bertz CT molecular complexity index is 473. The summed E-state index contributed by atoms with van der Waals surface area (Å²) in [7, 11) is 1.24. The van der Waals surface area contributed by atoms with Gasteiger partial charge in [-0.3, -0.25) is 4.90 Å². The van der Waals surface area contributed by atoms with Crippen LogP contribution in [-0.2, 0) is 12.7 Å². The molecule has 1 aliphatic heterocycles. The lowest BCUT2D eigenvalue weighted by molar-refractivity contribution is -0.138. The predicted molar refractivity (Wildman–Crippen MR) is 73.8 cm³/mol. The van der Waals surface area contributed by atoms with E-state index in [4.69, 9.17) is 4.74 Å². The molecule has 0 saturated carbocycles. The van der Waals surface area contributed by atoms with E-state index >= 15 is 0 Å². The Balaban J connectivity index is 2.28. The molecular weight excluding hydrogens is 337 g/mol. The summed E-state index contributed by atoms with van der Waals surface area (Å²) in [5, 5.41) is 3.21. The van der Waals surface area contributed by atoms with Crippen molar-refractivity contribution in [3.05, 3.63) is 27.7 Å². The molecule has 0 radical (unpaired) electrons. The predicted octanol–water partition coefficient (Wildman–Crippen LogP) is 2.88. The van der Waals surface area contributed by atoms with Crippen LogP contribution in [0.25, 0.3) is 0 Å². The van der Waals surface area contributed by atoms with Crippen molar-refractivity contribution in [3.8, 4) is 5.75 Å². The van der Waals surface area contributed by atoms with Crippen LogP contribution in [0.15, 0.2) is 16.6 Å². The fourth-order valence-corrected chi connectivity index (χ4v) is 2.96. The normalized spacial score (nSPS) is 17.2. The molecule has 7 heteroatoms. The summed E-state index contributed by atoms with van der Waals surface area (Å²) in [5.41, 5.74) is -0.105. The molecule has 2 rings (SSSR count). The van der Waals surface area contributed by atoms with Gasteiger partial charge in [-0.1, -0.05) is 0 Å². The monoisotopic (exact) mass is 352 g/mol. The van der Waals surface area contributed by atoms with E-state index in [2.05, 4.69) is 26.1 Å². The number of piperazine rings is 1. The van der Waals surface area contributed by atoms with Crippen LogP contribution in [0.1, 0.15) is 11.1 Å². The van der Waals surface area contributed by atoms with Crippen LogP contribution in [-0.4, -0.2) is 38.2 Å². The van der Waals surface area contributed by atoms with E-state index in [1.54, 1.807) is 6.07 Å². The summed E-state index contributed by atoms with van der Waals surface area (Å²) in [6.45, 7) is 3.91. The largest absolute Gasteiger partial charge is 0.495 e. The highest BCUT2D eigenvalue weighted by molar-refractivity contribution is 9.10. The minimum atomic E-state index is -4.42. The van der Waals surface area contributed by atoms with Crippen molar-refractivity contribution >= 4 is 15.9 Å². The average molecular weight is 353 g/mol. The van der Waals surface area contributed by atoms with Crippen molar-refractivity contribution in [2.24, 2.45) is 0 Å². The van der Waals surface area contributed by atoms with Crippen LogP contribution in [0.2, 0.25) is 0 Å². The van der Waals surface area contributed by atoms with E-state index in [1.165, 1.54) is 13.2 Å². The first-order chi connectivity index (χ1) is 9.41. The number of methoxy groups -OCH3 is 1. The molecule has 1 fully saturated rings. The molecule has 1 saturated heterocycles. The fourth-order valence-electron chi connectivity index (χ4n) is 2.29. The van der Waals surface area contributed by atoms with Crippen molar-refractivity contribution in [1.29, 1.82) is 0 Å². The van der Waals surface area contributed by atoms with Gasteiger partial charge in [-0.25, -0.2) is 0 Å². The Morgan fingerprint density at radius 1 is 1.30 bits per heavy atom. The zero-order chi connectivity index (χ0) is 14.8. The second-order valence-corrected chi connectivity index (χ2v) is 5.54. The summed E-state index contributed by atoms with van der Waals surface area (Å²) in [4.78, 5) is 2.13. The molecule has 0 unspecified atom stereocenters. The molecule has 1 aromatic carbocycles. The van der Waals surface area contributed by atoms with Gasteiger partial charge in [0.05, 0.1) is 17.1 Å². The van der Waals surface area contributed by atoms with Crippen LogP contribution >= 0.6 is 15.9 Å². The van der Waals surface area contributed by atoms with Gasteiger partial charge < -0.3 is 10.1 Å². The summed E-state index contributed by atoms with van der Waals surface area (Å²) in [5.74, 6) is -0.165. The quantitative estimate of drug-likeness (QED) is 0.905. The Labute approximate surface area is 124 Å². The lowest BCUT2D eigenvalue weighted by Crippen LogP contribution is -2.42. The third-order valence-electron chi connectivity index (χ3n) is 3.23. The molecule has 0 spiro atoms. The van der Waals surface area contributed by atoms with E-state index in [-0.39, 0.29) is 5.75 Å². The minimum absolute atomic E-state index is 0.165. The maximum absolute atomic E-state index is 13.0. The summed E-state index contributed by atoms with van der Waals surface area (Å²) >= 11 is 3.16. The fraction of sp³-hybridized carbons (Fsp3) is 0.538. The summed E-state index contributed by atoms with van der Waals surface area (Å²) in [6, 6.07) is 2.86. The molecule has 0 amide bonds. The smallest absolute Gasteiger partial charge is 0.420 e. The van der Waals surface area contributed by atoms with Crippen LogP contribution in [0.3, 0.4) is 0 Å². The molecule has 1 heterocycles. The first-order valence-corrected chi connectivity index (χ1v) is 7.08. The number of rotatable bonds is 3. The summed E-state index contributed by atoms with van der Waals surface area (Å²) in [6.07, 6.45) is -4.42. The van der Waals surface area contributed by atoms with Crippen molar-refractivity contribution < 1.29 is 17.9 Å². The topological polar surface area (TPSA) is 24.5 Å². The van der Waals surface area contributed by atoms with Crippen molar-refractivity contribution in [2.45, 2.75) is 12.7 Å². The highest BCUT2D eigenvalue weighted by Gasteiger charge is 2.35. The highest BCUT2D eigenvalue weighted by atomic mass is 79.9. The summed E-state index contributed by atoms with van der Waals surface area (Å²) < 4.78 is 44.3. The van der Waals surface area contributed by atoms with E-state index in [1.807, 2.05) is 0 Å². The van der Waals surface area contributed by atoms with Gasteiger partial charge in [-0.15, -0.1) is 0 Å². The number of hydrogen-bond donors (Lipinski definition) is 1. The molecular formula is C13H16BrF3N2O. The number of nitrogens with zero attached hydrogens (tertiary/aromatic N) is 1. The van der Waals surface area contributed by atoms with Gasteiger partial charge >= 0.3 is 6.18 Å². The number of ether oxygens (including phenoxy) is 1. The van der Waals surface area contributed by atoms with Gasteiger partial charge in [-0.05, 0) is 33.6 Å². The van der Waals surface area contributed by atoms with Gasteiger partial charge in [-0.2, -0.15) is 13.2 Å². The van der Waals surface area contributed by atoms with Crippen molar-refractivity contribution in [1.82, 2.24) is 10.2 Å². The second kappa shape index (κ2) is 6.32. The van der Waals surface area contributed by atoms with Gasteiger partial charge in [0.1, 0.15) is 5.75 Å². The molecule has 1 aliphatic rings. The minimum Gasteiger partial charge on any atom is -0.495 e. The molecule has 1 N–H and O–H groups in total. The molecule has 0 atom stereocenters. The van der Waals surface area contributed by atoms with Gasteiger partial charge in [0.15, 0.2) is 0 Å². The van der Waals surface area contributed by atoms with Gasteiger partial charge in [0, 0.05) is 32.7 Å². The number of nitrogens with one attached hydrogen (secondary N) is 1. The van der Waals surface area contributed by atoms with Gasteiger partial charge in [0.25, 0.3) is 0 Å². The Kier molecular flexibility index (Phi) is 4.93. The van der Waals surface area contributed by atoms with E-state index < -0.39 is 11.7 Å². The lowest BCUT2D eigenvalue weighted by Gasteiger charge is -2.27. The number of benzene rings is 1. The Morgan fingerprint density at radius 2 is 1.95 bits per heavy atom. The number of halogens is 4. The van der Waals surface area contributed by atoms with Crippen LogP contribution in [0, 0.1) is 0 Å². The van der Waals surface area contributed by atoms with Crippen LogP contribution < -0.4 is 10.1 Å². The number of hydrogen-bond acceptors (Lipinski definition) is 3. The molecule has 1 aromatic rings. The molecule has 20 heavy (non-hydrogen) atoms. The van der Waals surface area contributed by atoms with Crippen molar-refractivity contribution in [3.63, 3.8) is 0 Å². The SMILES string of the molecule is COc1c(Br)cc(CN2CCNCC2)cc1C(F)(F)F. The number of alkyl halides is 3. The lowest BCUT2D eigenvalue weighted by atomic mass is 10.1. The first kappa shape index (κ1) is 15.6. The molecule has 0 aromatic heterocycles. The zero-order valence-corrected chi connectivity index (χ0v) is 12.6. The first-order valence-electron chi connectivity index (χ1n) is 6.28.